The maximum absolute atomic E-state index is 12.9. The smallest absolute Gasteiger partial charge is 0.333 e. The van der Waals surface area contributed by atoms with E-state index < -0.39 is 0 Å². The van der Waals surface area contributed by atoms with Crippen LogP contribution in [0, 0.1) is 27.7 Å². The van der Waals surface area contributed by atoms with Crippen molar-refractivity contribution in [1.82, 2.24) is 9.13 Å². The van der Waals surface area contributed by atoms with Crippen LogP contribution in [0.25, 0.3) is 16.7 Å². The molecule has 0 atom stereocenters. The third kappa shape index (κ3) is 3.70. The minimum absolute atomic E-state index is 0.0336. The molecule has 0 bridgehead atoms. The fourth-order valence-corrected chi connectivity index (χ4v) is 3.31. The van der Waals surface area contributed by atoms with Gasteiger partial charge in [-0.25, -0.2) is 4.79 Å². The minimum atomic E-state index is -0.0336. The Morgan fingerprint density at radius 3 is 2.22 bits per heavy atom. The number of rotatable bonds is 6. The molecule has 0 spiro atoms. The van der Waals surface area contributed by atoms with Gasteiger partial charge in [-0.2, -0.15) is 0 Å². The molecular formula is C23H28N2O2. The van der Waals surface area contributed by atoms with Gasteiger partial charge in [0, 0.05) is 12.2 Å². The zero-order valence-electron chi connectivity index (χ0n) is 16.9. The summed E-state index contributed by atoms with van der Waals surface area (Å²) in [5.41, 5.74) is 7.41. The van der Waals surface area contributed by atoms with Crippen LogP contribution in [0.3, 0.4) is 0 Å². The van der Waals surface area contributed by atoms with Crippen LogP contribution in [0.15, 0.2) is 41.7 Å². The van der Waals surface area contributed by atoms with E-state index in [2.05, 4.69) is 58.5 Å². The highest BCUT2D eigenvalue weighted by Crippen LogP contribution is 2.21. The number of nitrogens with zero attached hydrogens (tertiary/aromatic N) is 2. The molecule has 3 aromatic rings. The van der Waals surface area contributed by atoms with Crippen molar-refractivity contribution in [3.63, 3.8) is 0 Å². The number of fused-ring (bicyclic) bond motifs is 1. The van der Waals surface area contributed by atoms with Crippen LogP contribution in [-0.2, 0) is 6.54 Å². The number of benzene rings is 2. The highest BCUT2D eigenvalue weighted by atomic mass is 16.5. The Bertz CT molecular complexity index is 1070. The zero-order valence-corrected chi connectivity index (χ0v) is 16.9. The number of ether oxygens (including phenoxy) is 1. The molecule has 2 aromatic carbocycles. The molecule has 0 aliphatic heterocycles. The van der Waals surface area contributed by atoms with Gasteiger partial charge in [-0.05, 0) is 87.6 Å². The van der Waals surface area contributed by atoms with Crippen LogP contribution in [0.1, 0.15) is 35.6 Å². The highest BCUT2D eigenvalue weighted by molar-refractivity contribution is 5.81. The first-order chi connectivity index (χ1) is 12.8. The second-order valence-electron chi connectivity index (χ2n) is 7.38. The summed E-state index contributed by atoms with van der Waals surface area (Å²) in [7, 11) is 0. The molecule has 3 rings (SSSR count). The van der Waals surface area contributed by atoms with Gasteiger partial charge in [0.25, 0.3) is 0 Å². The number of imidazole rings is 1. The van der Waals surface area contributed by atoms with E-state index >= 15 is 0 Å². The Morgan fingerprint density at radius 1 is 0.963 bits per heavy atom. The van der Waals surface area contributed by atoms with E-state index in [0.717, 1.165) is 28.9 Å². The highest BCUT2D eigenvalue weighted by Gasteiger charge is 2.14. The van der Waals surface area contributed by atoms with E-state index in [1.165, 1.54) is 22.3 Å². The van der Waals surface area contributed by atoms with Gasteiger partial charge in [0.2, 0.25) is 0 Å². The van der Waals surface area contributed by atoms with Gasteiger partial charge in [0.1, 0.15) is 5.75 Å². The summed E-state index contributed by atoms with van der Waals surface area (Å²) >= 11 is 0. The van der Waals surface area contributed by atoms with Gasteiger partial charge in [-0.3, -0.25) is 9.13 Å². The van der Waals surface area contributed by atoms with Crippen LogP contribution in [0.4, 0.5) is 0 Å². The Hall–Kier alpha value is -2.75. The molecule has 1 aromatic heterocycles. The lowest BCUT2D eigenvalue weighted by molar-refractivity contribution is 0.301. The second-order valence-corrected chi connectivity index (χ2v) is 7.38. The first-order valence-corrected chi connectivity index (χ1v) is 9.38. The average molecular weight is 364 g/mol. The lowest BCUT2D eigenvalue weighted by Gasteiger charge is -2.09. The molecule has 142 valence electrons. The maximum Gasteiger partial charge on any atom is 0.333 e. The van der Waals surface area contributed by atoms with Gasteiger partial charge in [0.15, 0.2) is 0 Å². The fourth-order valence-electron chi connectivity index (χ4n) is 3.31. The molecule has 0 amide bonds. The van der Waals surface area contributed by atoms with E-state index in [0.29, 0.717) is 13.2 Å². The molecule has 4 heteroatoms. The molecule has 0 N–H and O–H groups in total. The predicted octanol–water partition coefficient (Wildman–Crippen LogP) is 5.00. The van der Waals surface area contributed by atoms with E-state index in [9.17, 15) is 4.79 Å². The number of aryl methyl sites for hydroxylation is 5. The van der Waals surface area contributed by atoms with Crippen molar-refractivity contribution in [2.45, 2.75) is 47.6 Å². The monoisotopic (exact) mass is 364 g/mol. The summed E-state index contributed by atoms with van der Waals surface area (Å²) in [6.45, 7) is 15.3. The molecule has 4 nitrogen and oxygen atoms in total. The van der Waals surface area contributed by atoms with Crippen LogP contribution in [0.2, 0.25) is 0 Å². The van der Waals surface area contributed by atoms with E-state index in [1.54, 1.807) is 4.57 Å². The van der Waals surface area contributed by atoms with E-state index in [1.807, 2.05) is 17.6 Å². The Balaban J connectivity index is 1.81. The van der Waals surface area contributed by atoms with Crippen molar-refractivity contribution in [3.05, 3.63) is 69.6 Å². The third-order valence-corrected chi connectivity index (χ3v) is 5.20. The minimum Gasteiger partial charge on any atom is -0.494 e. The molecule has 0 saturated carbocycles. The summed E-state index contributed by atoms with van der Waals surface area (Å²) in [4.78, 5) is 12.9. The normalized spacial score (nSPS) is 11.1. The summed E-state index contributed by atoms with van der Waals surface area (Å²) in [6, 6.07) is 10.3. The van der Waals surface area contributed by atoms with Crippen molar-refractivity contribution < 1.29 is 4.74 Å². The van der Waals surface area contributed by atoms with Gasteiger partial charge >= 0.3 is 5.69 Å². The Morgan fingerprint density at radius 2 is 1.59 bits per heavy atom. The molecule has 0 aliphatic carbocycles. The van der Waals surface area contributed by atoms with Crippen molar-refractivity contribution >= 4 is 16.7 Å². The number of hydrogen-bond donors (Lipinski definition) is 0. The zero-order chi connectivity index (χ0) is 19.7. The largest absolute Gasteiger partial charge is 0.494 e. The average Bonchev–Trinajstić information content (AvgIpc) is 2.86. The van der Waals surface area contributed by atoms with E-state index in [-0.39, 0.29) is 5.69 Å². The number of aromatic nitrogens is 2. The van der Waals surface area contributed by atoms with Gasteiger partial charge < -0.3 is 4.74 Å². The van der Waals surface area contributed by atoms with Crippen LogP contribution in [-0.4, -0.2) is 15.7 Å². The lowest BCUT2D eigenvalue weighted by atomic mass is 10.1. The topological polar surface area (TPSA) is 36.2 Å². The predicted molar refractivity (Wildman–Crippen MR) is 113 cm³/mol. The SMILES string of the molecule is C=C(C)n1c(=O)n(CCCOc2ccc(C)c(C)c2)c2cc(C)c(C)cc21. The summed E-state index contributed by atoms with van der Waals surface area (Å²) < 4.78 is 9.41. The molecule has 27 heavy (non-hydrogen) atoms. The lowest BCUT2D eigenvalue weighted by Crippen LogP contribution is -2.23. The fraction of sp³-hybridized carbons (Fsp3) is 0.348. The summed E-state index contributed by atoms with van der Waals surface area (Å²) in [6.07, 6.45) is 0.759. The molecule has 0 unspecified atom stereocenters. The number of allylic oxidation sites excluding steroid dienone is 1. The van der Waals surface area contributed by atoms with Gasteiger partial charge in [-0.1, -0.05) is 12.6 Å². The van der Waals surface area contributed by atoms with E-state index in [4.69, 9.17) is 4.74 Å². The van der Waals surface area contributed by atoms with Gasteiger partial charge in [-0.15, -0.1) is 0 Å². The molecule has 1 heterocycles. The second kappa shape index (κ2) is 7.47. The first kappa shape index (κ1) is 19.0. The molecule has 0 fully saturated rings. The van der Waals surface area contributed by atoms with Crippen LogP contribution >= 0.6 is 0 Å². The standard InChI is InChI=1S/C23H28N2O2/c1-15(2)25-22-14-19(6)18(5)13-21(22)24(23(25)26)10-7-11-27-20-9-8-16(3)17(4)12-20/h8-9,12-14H,1,7,10-11H2,2-6H3. The third-order valence-electron chi connectivity index (χ3n) is 5.20. The van der Waals surface area contributed by atoms with Crippen molar-refractivity contribution in [1.29, 1.82) is 0 Å². The van der Waals surface area contributed by atoms with Crippen molar-refractivity contribution in [3.8, 4) is 5.75 Å². The maximum atomic E-state index is 12.9. The Kier molecular flexibility index (Phi) is 5.26. The van der Waals surface area contributed by atoms with Crippen molar-refractivity contribution in [2.24, 2.45) is 0 Å². The number of hydrogen-bond acceptors (Lipinski definition) is 2. The molecular weight excluding hydrogens is 336 g/mol. The van der Waals surface area contributed by atoms with Gasteiger partial charge in [0.05, 0.1) is 17.6 Å². The van der Waals surface area contributed by atoms with Crippen LogP contribution < -0.4 is 10.4 Å². The summed E-state index contributed by atoms with van der Waals surface area (Å²) in [5, 5.41) is 0. The summed E-state index contributed by atoms with van der Waals surface area (Å²) in [5.74, 6) is 0.876. The quantitative estimate of drug-likeness (QED) is 0.577. The first-order valence-electron chi connectivity index (χ1n) is 9.38. The van der Waals surface area contributed by atoms with Crippen molar-refractivity contribution in [2.75, 3.05) is 6.61 Å². The Labute approximate surface area is 160 Å². The van der Waals surface area contributed by atoms with Crippen LogP contribution in [0.5, 0.6) is 5.75 Å². The molecule has 0 radical (unpaired) electrons. The molecule has 0 saturated heterocycles. The molecule has 0 aliphatic rings.